The number of carbonyl (C=O) groups is 4. The standard InChI is InChI=1S/C15H27N3O6/c1-3-11(20)23-13(10(19)6-5-7-16)14(24-12(21)4-2)15(22)18-9-8-17/h13-14H,3-9,16-17H2,1-2H3,(H,18,22)/t13-,14+/m0/s1. The molecule has 0 fully saturated rings. The van der Waals surface area contributed by atoms with Crippen LogP contribution < -0.4 is 16.8 Å². The largest absolute Gasteiger partial charge is 0.450 e. The Morgan fingerprint density at radius 3 is 1.92 bits per heavy atom. The van der Waals surface area contributed by atoms with E-state index in [1.807, 2.05) is 0 Å². The van der Waals surface area contributed by atoms with Gasteiger partial charge in [0.1, 0.15) is 0 Å². The number of esters is 2. The van der Waals surface area contributed by atoms with Gasteiger partial charge in [0.15, 0.2) is 5.78 Å². The highest BCUT2D eigenvalue weighted by molar-refractivity contribution is 5.94. The predicted molar refractivity (Wildman–Crippen MR) is 85.7 cm³/mol. The lowest BCUT2D eigenvalue weighted by Crippen LogP contribution is -2.51. The molecule has 0 aromatic rings. The lowest BCUT2D eigenvalue weighted by molar-refractivity contribution is -0.175. The monoisotopic (exact) mass is 345 g/mol. The number of ketones is 1. The maximum atomic E-state index is 12.3. The molecule has 0 aliphatic heterocycles. The summed E-state index contributed by atoms with van der Waals surface area (Å²) in [5.74, 6) is -2.63. The molecule has 0 rings (SSSR count). The molecule has 0 bridgehead atoms. The highest BCUT2D eigenvalue weighted by atomic mass is 16.6. The summed E-state index contributed by atoms with van der Waals surface area (Å²) < 4.78 is 10.1. The summed E-state index contributed by atoms with van der Waals surface area (Å²) in [6.07, 6.45) is -2.67. The fourth-order valence-corrected chi connectivity index (χ4v) is 1.71. The zero-order valence-electron chi connectivity index (χ0n) is 14.2. The zero-order valence-corrected chi connectivity index (χ0v) is 14.2. The Morgan fingerprint density at radius 2 is 1.46 bits per heavy atom. The quantitative estimate of drug-likeness (QED) is 0.382. The number of nitrogens with one attached hydrogen (secondary N) is 1. The Balaban J connectivity index is 5.40. The van der Waals surface area contributed by atoms with E-state index in [0.29, 0.717) is 6.42 Å². The van der Waals surface area contributed by atoms with Gasteiger partial charge in [-0.1, -0.05) is 13.8 Å². The van der Waals surface area contributed by atoms with Crippen LogP contribution in [0.2, 0.25) is 0 Å². The summed E-state index contributed by atoms with van der Waals surface area (Å²) >= 11 is 0. The van der Waals surface area contributed by atoms with Crippen LogP contribution in [0.25, 0.3) is 0 Å². The molecule has 0 radical (unpaired) electrons. The van der Waals surface area contributed by atoms with Crippen molar-refractivity contribution < 1.29 is 28.7 Å². The van der Waals surface area contributed by atoms with E-state index in [9.17, 15) is 19.2 Å². The van der Waals surface area contributed by atoms with Gasteiger partial charge in [-0.25, -0.2) is 0 Å². The van der Waals surface area contributed by atoms with E-state index in [1.165, 1.54) is 0 Å². The van der Waals surface area contributed by atoms with Gasteiger partial charge in [0, 0.05) is 32.4 Å². The third-order valence-electron chi connectivity index (χ3n) is 3.02. The summed E-state index contributed by atoms with van der Waals surface area (Å²) in [4.78, 5) is 47.7. The SMILES string of the molecule is CCC(=O)O[C@@H](C(=O)CCCN)[C@@H](OC(=O)CC)C(=O)NCCN. The van der Waals surface area contributed by atoms with Gasteiger partial charge in [0.2, 0.25) is 12.2 Å². The van der Waals surface area contributed by atoms with Crippen LogP contribution in [0.5, 0.6) is 0 Å². The van der Waals surface area contributed by atoms with E-state index >= 15 is 0 Å². The molecular formula is C15H27N3O6. The van der Waals surface area contributed by atoms with Crippen molar-refractivity contribution in [2.45, 2.75) is 51.7 Å². The molecule has 5 N–H and O–H groups in total. The molecular weight excluding hydrogens is 318 g/mol. The average Bonchev–Trinajstić information content (AvgIpc) is 2.59. The van der Waals surface area contributed by atoms with Crippen LogP contribution in [0.15, 0.2) is 0 Å². The molecule has 0 aromatic heterocycles. The number of Topliss-reactive ketones (excluding diaryl/α,β-unsaturated/α-hetero) is 1. The molecule has 0 saturated carbocycles. The van der Waals surface area contributed by atoms with Crippen molar-refractivity contribution in [3.05, 3.63) is 0 Å². The number of rotatable bonds is 12. The van der Waals surface area contributed by atoms with Gasteiger partial charge in [-0.15, -0.1) is 0 Å². The summed E-state index contributed by atoms with van der Waals surface area (Å²) in [7, 11) is 0. The minimum absolute atomic E-state index is 0.00249. The van der Waals surface area contributed by atoms with Crippen LogP contribution >= 0.6 is 0 Å². The number of nitrogens with two attached hydrogens (primary N) is 2. The van der Waals surface area contributed by atoms with Crippen LogP contribution in [0.4, 0.5) is 0 Å². The lowest BCUT2D eigenvalue weighted by Gasteiger charge is -2.25. The van der Waals surface area contributed by atoms with Crippen molar-refractivity contribution >= 4 is 23.6 Å². The lowest BCUT2D eigenvalue weighted by atomic mass is 10.0. The smallest absolute Gasteiger partial charge is 0.306 e. The summed E-state index contributed by atoms with van der Waals surface area (Å²) in [6, 6.07) is 0. The fraction of sp³-hybridized carbons (Fsp3) is 0.733. The minimum atomic E-state index is -1.55. The molecule has 0 unspecified atom stereocenters. The molecule has 138 valence electrons. The van der Waals surface area contributed by atoms with Crippen LogP contribution in [-0.4, -0.2) is 55.5 Å². The van der Waals surface area contributed by atoms with Crippen molar-refractivity contribution in [1.82, 2.24) is 5.32 Å². The molecule has 0 aliphatic carbocycles. The Hall–Kier alpha value is -2.00. The molecule has 0 saturated heterocycles. The van der Waals surface area contributed by atoms with Gasteiger partial charge in [-0.05, 0) is 13.0 Å². The summed E-state index contributed by atoms with van der Waals surface area (Å²) in [6.45, 7) is 3.65. The first-order valence-corrected chi connectivity index (χ1v) is 8.00. The minimum Gasteiger partial charge on any atom is -0.450 e. The van der Waals surface area contributed by atoms with Crippen molar-refractivity contribution in [2.24, 2.45) is 11.5 Å². The topological polar surface area (TPSA) is 151 Å². The van der Waals surface area contributed by atoms with Crippen LogP contribution in [0.3, 0.4) is 0 Å². The molecule has 0 heterocycles. The van der Waals surface area contributed by atoms with E-state index in [4.69, 9.17) is 20.9 Å². The van der Waals surface area contributed by atoms with E-state index in [0.717, 1.165) is 0 Å². The molecule has 0 spiro atoms. The number of hydrogen-bond donors (Lipinski definition) is 3. The van der Waals surface area contributed by atoms with Crippen molar-refractivity contribution in [3.63, 3.8) is 0 Å². The van der Waals surface area contributed by atoms with Gasteiger partial charge in [0.25, 0.3) is 5.91 Å². The Kier molecular flexibility index (Phi) is 11.4. The maximum absolute atomic E-state index is 12.3. The van der Waals surface area contributed by atoms with E-state index in [-0.39, 0.29) is 38.9 Å². The van der Waals surface area contributed by atoms with Gasteiger partial charge < -0.3 is 26.3 Å². The van der Waals surface area contributed by atoms with Crippen molar-refractivity contribution in [3.8, 4) is 0 Å². The Bertz CT molecular complexity index is 401. The van der Waals surface area contributed by atoms with Gasteiger partial charge in [0.05, 0.1) is 0 Å². The van der Waals surface area contributed by atoms with E-state index in [1.54, 1.807) is 13.8 Å². The maximum Gasteiger partial charge on any atom is 0.306 e. The molecule has 9 heteroatoms. The number of carbonyl (C=O) groups excluding carboxylic acids is 4. The normalized spacial score (nSPS) is 12.8. The third kappa shape index (κ3) is 8.02. The molecule has 9 nitrogen and oxygen atoms in total. The van der Waals surface area contributed by atoms with Gasteiger partial charge in [-0.2, -0.15) is 0 Å². The molecule has 1 amide bonds. The number of ether oxygens (including phenoxy) is 2. The first-order chi connectivity index (χ1) is 11.4. The number of amides is 1. The van der Waals surface area contributed by atoms with E-state index < -0.39 is 35.8 Å². The summed E-state index contributed by atoms with van der Waals surface area (Å²) in [5.41, 5.74) is 10.7. The highest BCUT2D eigenvalue weighted by Gasteiger charge is 2.39. The second-order valence-corrected chi connectivity index (χ2v) is 4.97. The van der Waals surface area contributed by atoms with Crippen molar-refractivity contribution in [1.29, 1.82) is 0 Å². The Morgan fingerprint density at radius 1 is 0.917 bits per heavy atom. The second-order valence-electron chi connectivity index (χ2n) is 4.97. The fourth-order valence-electron chi connectivity index (χ4n) is 1.71. The molecule has 24 heavy (non-hydrogen) atoms. The van der Waals surface area contributed by atoms with E-state index in [2.05, 4.69) is 5.32 Å². The number of hydrogen-bond acceptors (Lipinski definition) is 8. The highest BCUT2D eigenvalue weighted by Crippen LogP contribution is 2.12. The van der Waals surface area contributed by atoms with Crippen LogP contribution in [0, 0.1) is 0 Å². The van der Waals surface area contributed by atoms with Crippen LogP contribution in [-0.2, 0) is 28.7 Å². The zero-order chi connectivity index (χ0) is 18.5. The third-order valence-corrected chi connectivity index (χ3v) is 3.02. The second kappa shape index (κ2) is 12.4. The van der Waals surface area contributed by atoms with Crippen LogP contribution in [0.1, 0.15) is 39.5 Å². The predicted octanol–water partition coefficient (Wildman–Crippen LogP) is -0.987. The van der Waals surface area contributed by atoms with Gasteiger partial charge in [-0.3, -0.25) is 19.2 Å². The Labute approximate surface area is 141 Å². The summed E-state index contributed by atoms with van der Waals surface area (Å²) in [5, 5.41) is 2.44. The molecule has 2 atom stereocenters. The molecule has 0 aromatic carbocycles. The average molecular weight is 345 g/mol. The van der Waals surface area contributed by atoms with Gasteiger partial charge >= 0.3 is 11.9 Å². The van der Waals surface area contributed by atoms with Crippen molar-refractivity contribution in [2.75, 3.05) is 19.6 Å². The first kappa shape index (κ1) is 22.0. The first-order valence-electron chi connectivity index (χ1n) is 8.00. The molecule has 0 aliphatic rings.